The third-order valence-electron chi connectivity index (χ3n) is 1.92. The largest absolute Gasteiger partial charge is 0.236 e. The minimum absolute atomic E-state index is 0.192. The van der Waals surface area contributed by atoms with Gasteiger partial charge in [-0.3, -0.25) is 0 Å². The van der Waals surface area contributed by atoms with Gasteiger partial charge < -0.3 is 0 Å². The summed E-state index contributed by atoms with van der Waals surface area (Å²) >= 11 is 0. The lowest BCUT2D eigenvalue weighted by Crippen LogP contribution is -1.92. The Bertz CT molecular complexity index is 477. The summed E-state index contributed by atoms with van der Waals surface area (Å²) in [6.07, 6.45) is 1.30. The molecule has 0 saturated heterocycles. The standard InChI is InChI=1S/C11H8F2N2/c1-7-4-8(6-9(12)5-7)11-14-3-2-10(13)15-11/h2-6H,1H3. The summed E-state index contributed by atoms with van der Waals surface area (Å²) in [5, 5.41) is 0. The second-order valence-corrected chi connectivity index (χ2v) is 3.22. The van der Waals surface area contributed by atoms with Crippen molar-refractivity contribution in [1.82, 2.24) is 9.97 Å². The predicted molar refractivity (Wildman–Crippen MR) is 52.1 cm³/mol. The zero-order valence-corrected chi connectivity index (χ0v) is 8.04. The average molecular weight is 206 g/mol. The highest BCUT2D eigenvalue weighted by atomic mass is 19.1. The summed E-state index contributed by atoms with van der Waals surface area (Å²) in [5.74, 6) is -0.808. The Morgan fingerprint density at radius 2 is 1.93 bits per heavy atom. The summed E-state index contributed by atoms with van der Waals surface area (Å²) in [4.78, 5) is 7.46. The van der Waals surface area contributed by atoms with Crippen molar-refractivity contribution in [3.63, 3.8) is 0 Å². The highest BCUT2D eigenvalue weighted by Crippen LogP contribution is 2.17. The first-order valence-electron chi connectivity index (χ1n) is 4.41. The molecule has 76 valence electrons. The molecular formula is C11H8F2N2. The van der Waals surface area contributed by atoms with Crippen LogP contribution in [0.4, 0.5) is 8.78 Å². The number of rotatable bonds is 1. The van der Waals surface area contributed by atoms with E-state index >= 15 is 0 Å². The van der Waals surface area contributed by atoms with E-state index in [2.05, 4.69) is 9.97 Å². The minimum Gasteiger partial charge on any atom is -0.236 e. The van der Waals surface area contributed by atoms with Crippen LogP contribution in [0.5, 0.6) is 0 Å². The lowest BCUT2D eigenvalue weighted by atomic mass is 10.1. The summed E-state index contributed by atoms with van der Waals surface area (Å²) in [7, 11) is 0. The summed E-state index contributed by atoms with van der Waals surface area (Å²) in [6.45, 7) is 1.76. The van der Waals surface area contributed by atoms with E-state index in [9.17, 15) is 8.78 Å². The Balaban J connectivity index is 2.54. The fourth-order valence-corrected chi connectivity index (χ4v) is 1.34. The smallest absolute Gasteiger partial charge is 0.216 e. The van der Waals surface area contributed by atoms with Gasteiger partial charge in [0.05, 0.1) is 0 Å². The van der Waals surface area contributed by atoms with Gasteiger partial charge in [-0.25, -0.2) is 9.37 Å². The highest BCUT2D eigenvalue weighted by molar-refractivity contribution is 5.55. The van der Waals surface area contributed by atoms with Crippen molar-refractivity contribution >= 4 is 0 Å². The van der Waals surface area contributed by atoms with Gasteiger partial charge in [0.1, 0.15) is 5.82 Å². The molecule has 0 radical (unpaired) electrons. The molecule has 0 aliphatic rings. The number of halogens is 2. The first kappa shape index (κ1) is 9.71. The Morgan fingerprint density at radius 3 is 2.60 bits per heavy atom. The molecule has 0 bridgehead atoms. The minimum atomic E-state index is -0.623. The van der Waals surface area contributed by atoms with E-state index in [1.807, 2.05) is 0 Å². The zero-order valence-electron chi connectivity index (χ0n) is 8.04. The maximum Gasteiger partial charge on any atom is 0.216 e. The fraction of sp³-hybridized carbons (Fsp3) is 0.0909. The van der Waals surface area contributed by atoms with Crippen molar-refractivity contribution in [2.24, 2.45) is 0 Å². The summed E-state index contributed by atoms with van der Waals surface area (Å²) in [5.41, 5.74) is 1.23. The van der Waals surface area contributed by atoms with Crippen LogP contribution < -0.4 is 0 Å². The molecule has 0 unspecified atom stereocenters. The van der Waals surface area contributed by atoms with Gasteiger partial charge in [-0.1, -0.05) is 0 Å². The van der Waals surface area contributed by atoms with Gasteiger partial charge in [-0.05, 0) is 30.7 Å². The molecule has 0 saturated carbocycles. The molecule has 0 aliphatic carbocycles. The van der Waals surface area contributed by atoms with Crippen LogP contribution in [0, 0.1) is 18.7 Å². The SMILES string of the molecule is Cc1cc(F)cc(-c2nccc(F)n2)c1. The molecule has 4 heteroatoms. The van der Waals surface area contributed by atoms with Crippen LogP contribution in [0.1, 0.15) is 5.56 Å². The molecule has 0 aliphatic heterocycles. The number of benzene rings is 1. The topological polar surface area (TPSA) is 25.8 Å². The molecule has 15 heavy (non-hydrogen) atoms. The van der Waals surface area contributed by atoms with Gasteiger partial charge in [-0.15, -0.1) is 0 Å². The maximum atomic E-state index is 13.1. The van der Waals surface area contributed by atoms with E-state index in [0.29, 0.717) is 5.56 Å². The average Bonchev–Trinajstić information content (AvgIpc) is 2.16. The number of aryl methyl sites for hydroxylation is 1. The quantitative estimate of drug-likeness (QED) is 0.670. The fourth-order valence-electron chi connectivity index (χ4n) is 1.34. The number of nitrogens with zero attached hydrogens (tertiary/aromatic N) is 2. The predicted octanol–water partition coefficient (Wildman–Crippen LogP) is 2.73. The van der Waals surface area contributed by atoms with Crippen molar-refractivity contribution in [2.45, 2.75) is 6.92 Å². The molecule has 0 fully saturated rings. The molecule has 2 nitrogen and oxygen atoms in total. The van der Waals surface area contributed by atoms with Crippen LogP contribution in [0.15, 0.2) is 30.5 Å². The molecule has 2 aromatic rings. The molecular weight excluding hydrogens is 198 g/mol. The second kappa shape index (κ2) is 3.73. The number of hydrogen-bond donors (Lipinski definition) is 0. The Morgan fingerprint density at radius 1 is 1.13 bits per heavy atom. The maximum absolute atomic E-state index is 13.1. The molecule has 0 atom stereocenters. The third kappa shape index (κ3) is 2.15. The van der Waals surface area contributed by atoms with E-state index in [0.717, 1.165) is 11.6 Å². The molecule has 1 aromatic carbocycles. The Hall–Kier alpha value is -1.84. The lowest BCUT2D eigenvalue weighted by molar-refractivity contribution is 0.581. The van der Waals surface area contributed by atoms with Gasteiger partial charge in [0.25, 0.3) is 0 Å². The van der Waals surface area contributed by atoms with Crippen molar-refractivity contribution in [2.75, 3.05) is 0 Å². The summed E-state index contributed by atoms with van der Waals surface area (Å²) in [6, 6.07) is 5.53. The van der Waals surface area contributed by atoms with E-state index < -0.39 is 5.95 Å². The first-order chi connectivity index (χ1) is 7.15. The highest BCUT2D eigenvalue weighted by Gasteiger charge is 2.04. The molecule has 2 rings (SSSR count). The van der Waals surface area contributed by atoms with Crippen molar-refractivity contribution in [3.8, 4) is 11.4 Å². The molecule has 1 aromatic heterocycles. The number of aromatic nitrogens is 2. The van der Waals surface area contributed by atoms with E-state index in [1.165, 1.54) is 18.3 Å². The normalized spacial score (nSPS) is 10.3. The van der Waals surface area contributed by atoms with Gasteiger partial charge in [-0.2, -0.15) is 9.37 Å². The second-order valence-electron chi connectivity index (χ2n) is 3.22. The van der Waals surface area contributed by atoms with Gasteiger partial charge in [0.15, 0.2) is 5.82 Å². The van der Waals surface area contributed by atoms with Gasteiger partial charge in [0.2, 0.25) is 5.95 Å². The molecule has 1 heterocycles. The van der Waals surface area contributed by atoms with Crippen LogP contribution in [-0.2, 0) is 0 Å². The Labute approximate surface area is 85.6 Å². The van der Waals surface area contributed by atoms with E-state index in [-0.39, 0.29) is 11.6 Å². The molecule has 0 N–H and O–H groups in total. The van der Waals surface area contributed by atoms with Crippen molar-refractivity contribution < 1.29 is 8.78 Å². The van der Waals surface area contributed by atoms with Crippen LogP contribution in [0.2, 0.25) is 0 Å². The van der Waals surface area contributed by atoms with E-state index in [1.54, 1.807) is 13.0 Å². The summed E-state index contributed by atoms with van der Waals surface area (Å²) < 4.78 is 25.9. The Kier molecular flexibility index (Phi) is 2.41. The molecule has 0 spiro atoms. The number of hydrogen-bond acceptors (Lipinski definition) is 2. The van der Waals surface area contributed by atoms with Crippen molar-refractivity contribution in [1.29, 1.82) is 0 Å². The zero-order chi connectivity index (χ0) is 10.8. The van der Waals surface area contributed by atoms with Gasteiger partial charge in [0, 0.05) is 17.8 Å². The third-order valence-corrected chi connectivity index (χ3v) is 1.92. The van der Waals surface area contributed by atoms with Crippen molar-refractivity contribution in [3.05, 3.63) is 47.8 Å². The molecule has 0 amide bonds. The van der Waals surface area contributed by atoms with Crippen LogP contribution >= 0.6 is 0 Å². The van der Waals surface area contributed by atoms with Crippen LogP contribution in [0.3, 0.4) is 0 Å². The monoisotopic (exact) mass is 206 g/mol. The van der Waals surface area contributed by atoms with Gasteiger partial charge >= 0.3 is 0 Å². The van der Waals surface area contributed by atoms with Crippen LogP contribution in [-0.4, -0.2) is 9.97 Å². The van der Waals surface area contributed by atoms with E-state index in [4.69, 9.17) is 0 Å². The first-order valence-corrected chi connectivity index (χ1v) is 4.41. The van der Waals surface area contributed by atoms with Crippen LogP contribution in [0.25, 0.3) is 11.4 Å². The lowest BCUT2D eigenvalue weighted by Gasteiger charge is -2.01.